The number of anilines is 2. The first-order valence-electron chi connectivity index (χ1n) is 7.58. The second kappa shape index (κ2) is 5.68. The number of hydrogen-bond donors (Lipinski definition) is 2. The van der Waals surface area contributed by atoms with E-state index in [4.69, 9.17) is 4.74 Å². The van der Waals surface area contributed by atoms with E-state index in [-0.39, 0.29) is 23.2 Å². The monoisotopic (exact) mass is 290 g/mol. The van der Waals surface area contributed by atoms with E-state index in [2.05, 4.69) is 38.3 Å². The summed E-state index contributed by atoms with van der Waals surface area (Å²) in [4.78, 5) is 11.4. The number of hydrogen-bond acceptors (Lipinski definition) is 3. The van der Waals surface area contributed by atoms with Crippen LogP contribution in [-0.4, -0.2) is 23.2 Å². The number of nitrogens with one attached hydrogen (secondary N) is 2. The van der Waals surface area contributed by atoms with Crippen molar-refractivity contribution >= 4 is 17.3 Å². The third kappa shape index (κ3) is 3.97. The first-order valence-corrected chi connectivity index (χ1v) is 7.58. The summed E-state index contributed by atoms with van der Waals surface area (Å²) >= 11 is 0. The molecule has 0 aliphatic carbocycles. The van der Waals surface area contributed by atoms with Gasteiger partial charge in [0.25, 0.3) is 0 Å². The van der Waals surface area contributed by atoms with Crippen LogP contribution in [0.4, 0.5) is 11.4 Å². The summed E-state index contributed by atoms with van der Waals surface area (Å²) in [5, 5.41) is 6.39. The van der Waals surface area contributed by atoms with Gasteiger partial charge in [0.1, 0.15) is 0 Å². The molecule has 1 aromatic rings. The van der Waals surface area contributed by atoms with Crippen LogP contribution in [0.15, 0.2) is 24.3 Å². The molecule has 21 heavy (non-hydrogen) atoms. The molecule has 1 saturated heterocycles. The standard InChI is InChI=1S/C17H26N2O2/c1-6-15(20)19-13-9-7-12(8-10-13)18-14-11-16(2,3)21-17(14,4)5/h7-10,14,18H,6,11H2,1-5H3,(H,19,20). The minimum Gasteiger partial charge on any atom is -0.379 e. The Kier molecular flexibility index (Phi) is 4.28. The van der Waals surface area contributed by atoms with Crippen LogP contribution < -0.4 is 10.6 Å². The van der Waals surface area contributed by atoms with Gasteiger partial charge in [-0.1, -0.05) is 6.92 Å². The molecule has 1 unspecified atom stereocenters. The van der Waals surface area contributed by atoms with E-state index in [0.29, 0.717) is 6.42 Å². The Morgan fingerprint density at radius 2 is 1.76 bits per heavy atom. The molecule has 0 aromatic heterocycles. The fourth-order valence-corrected chi connectivity index (χ4v) is 2.89. The van der Waals surface area contributed by atoms with Crippen LogP contribution in [0, 0.1) is 0 Å². The van der Waals surface area contributed by atoms with Crippen LogP contribution in [0.3, 0.4) is 0 Å². The average Bonchev–Trinajstić information content (AvgIpc) is 2.59. The van der Waals surface area contributed by atoms with Crippen LogP contribution in [0.2, 0.25) is 0 Å². The highest BCUT2D eigenvalue weighted by atomic mass is 16.5. The number of rotatable bonds is 4. The summed E-state index contributed by atoms with van der Waals surface area (Å²) in [6, 6.07) is 8.09. The van der Waals surface area contributed by atoms with Crippen molar-refractivity contribution in [1.29, 1.82) is 0 Å². The minimum atomic E-state index is -0.196. The molecular formula is C17H26N2O2. The molecule has 1 fully saturated rings. The van der Waals surface area contributed by atoms with Gasteiger partial charge in [0.15, 0.2) is 0 Å². The quantitative estimate of drug-likeness (QED) is 0.887. The lowest BCUT2D eigenvalue weighted by molar-refractivity contribution is -0.115. The van der Waals surface area contributed by atoms with E-state index in [1.54, 1.807) is 0 Å². The van der Waals surface area contributed by atoms with Crippen LogP contribution in [0.25, 0.3) is 0 Å². The summed E-state index contributed by atoms with van der Waals surface area (Å²) in [6.45, 7) is 10.3. The van der Waals surface area contributed by atoms with E-state index in [1.807, 2.05) is 31.2 Å². The first kappa shape index (κ1) is 15.8. The van der Waals surface area contributed by atoms with Crippen molar-refractivity contribution in [3.05, 3.63) is 24.3 Å². The fraction of sp³-hybridized carbons (Fsp3) is 0.588. The van der Waals surface area contributed by atoms with Gasteiger partial charge >= 0.3 is 0 Å². The molecule has 4 nitrogen and oxygen atoms in total. The molecule has 0 saturated carbocycles. The average molecular weight is 290 g/mol. The molecule has 0 spiro atoms. The molecule has 2 rings (SSSR count). The van der Waals surface area contributed by atoms with Gasteiger partial charge in [-0.05, 0) is 58.4 Å². The molecule has 1 aliphatic heterocycles. The number of benzene rings is 1. The molecule has 2 N–H and O–H groups in total. The van der Waals surface area contributed by atoms with Crippen molar-refractivity contribution in [3.63, 3.8) is 0 Å². The minimum absolute atomic E-state index is 0.0304. The first-order chi connectivity index (χ1) is 9.72. The highest BCUT2D eigenvalue weighted by Gasteiger charge is 2.45. The van der Waals surface area contributed by atoms with Gasteiger partial charge in [-0.15, -0.1) is 0 Å². The van der Waals surface area contributed by atoms with Gasteiger partial charge in [0.2, 0.25) is 5.91 Å². The van der Waals surface area contributed by atoms with Crippen molar-refractivity contribution in [2.45, 2.75) is 64.7 Å². The lowest BCUT2D eigenvalue weighted by Crippen LogP contribution is -2.38. The molecular weight excluding hydrogens is 264 g/mol. The van der Waals surface area contributed by atoms with Crippen molar-refractivity contribution in [1.82, 2.24) is 0 Å². The summed E-state index contributed by atoms with van der Waals surface area (Å²) in [7, 11) is 0. The zero-order valence-corrected chi connectivity index (χ0v) is 13.6. The lowest BCUT2D eigenvalue weighted by Gasteiger charge is -2.28. The maximum absolute atomic E-state index is 11.4. The Morgan fingerprint density at radius 3 is 2.24 bits per heavy atom. The molecule has 0 radical (unpaired) electrons. The van der Waals surface area contributed by atoms with Crippen LogP contribution in [0.1, 0.15) is 47.5 Å². The molecule has 0 bridgehead atoms. The topological polar surface area (TPSA) is 50.4 Å². The van der Waals surface area contributed by atoms with E-state index in [9.17, 15) is 4.79 Å². The van der Waals surface area contributed by atoms with Crippen molar-refractivity contribution in [2.75, 3.05) is 10.6 Å². The maximum Gasteiger partial charge on any atom is 0.224 e. The van der Waals surface area contributed by atoms with Crippen molar-refractivity contribution in [3.8, 4) is 0 Å². The number of amides is 1. The van der Waals surface area contributed by atoms with Gasteiger partial charge in [-0.2, -0.15) is 0 Å². The molecule has 116 valence electrons. The van der Waals surface area contributed by atoms with Gasteiger partial charge in [-0.3, -0.25) is 4.79 Å². The second-order valence-corrected chi connectivity index (χ2v) is 6.85. The highest BCUT2D eigenvalue weighted by molar-refractivity contribution is 5.90. The molecule has 1 amide bonds. The normalized spacial score (nSPS) is 22.8. The van der Waals surface area contributed by atoms with Crippen LogP contribution in [-0.2, 0) is 9.53 Å². The lowest BCUT2D eigenvalue weighted by atomic mass is 9.94. The summed E-state index contributed by atoms with van der Waals surface area (Å²) in [5.41, 5.74) is 1.58. The Hall–Kier alpha value is -1.55. The maximum atomic E-state index is 11.4. The summed E-state index contributed by atoms with van der Waals surface area (Å²) in [6.07, 6.45) is 1.46. The largest absolute Gasteiger partial charge is 0.379 e. The Balaban J connectivity index is 2.02. The van der Waals surface area contributed by atoms with E-state index < -0.39 is 0 Å². The number of ether oxygens (including phenoxy) is 1. The Labute approximate surface area is 127 Å². The van der Waals surface area contributed by atoms with Crippen molar-refractivity contribution < 1.29 is 9.53 Å². The van der Waals surface area contributed by atoms with Gasteiger partial charge < -0.3 is 15.4 Å². The van der Waals surface area contributed by atoms with E-state index >= 15 is 0 Å². The zero-order valence-electron chi connectivity index (χ0n) is 13.6. The predicted octanol–water partition coefficient (Wildman–Crippen LogP) is 3.79. The zero-order chi connectivity index (χ0) is 15.7. The predicted molar refractivity (Wildman–Crippen MR) is 86.6 cm³/mol. The molecule has 4 heteroatoms. The third-order valence-electron chi connectivity index (χ3n) is 3.90. The smallest absolute Gasteiger partial charge is 0.224 e. The molecule has 1 heterocycles. The van der Waals surface area contributed by atoms with Crippen LogP contribution >= 0.6 is 0 Å². The fourth-order valence-electron chi connectivity index (χ4n) is 2.89. The number of carbonyl (C=O) groups is 1. The Morgan fingerprint density at radius 1 is 1.19 bits per heavy atom. The molecule has 1 atom stereocenters. The summed E-state index contributed by atoms with van der Waals surface area (Å²) < 4.78 is 6.09. The Bertz CT molecular complexity index is 506. The van der Waals surface area contributed by atoms with Crippen molar-refractivity contribution in [2.24, 2.45) is 0 Å². The van der Waals surface area contributed by atoms with E-state index in [1.165, 1.54) is 0 Å². The molecule has 1 aliphatic rings. The SMILES string of the molecule is CCC(=O)Nc1ccc(NC2CC(C)(C)OC2(C)C)cc1. The highest BCUT2D eigenvalue weighted by Crippen LogP contribution is 2.38. The number of carbonyl (C=O) groups excluding carboxylic acids is 1. The molecule has 1 aromatic carbocycles. The summed E-state index contributed by atoms with van der Waals surface area (Å²) in [5.74, 6) is 0.0304. The van der Waals surface area contributed by atoms with Gasteiger partial charge in [0.05, 0.1) is 17.2 Å². The van der Waals surface area contributed by atoms with E-state index in [0.717, 1.165) is 17.8 Å². The third-order valence-corrected chi connectivity index (χ3v) is 3.90. The van der Waals surface area contributed by atoms with Gasteiger partial charge in [0, 0.05) is 17.8 Å². The second-order valence-electron chi connectivity index (χ2n) is 6.85. The van der Waals surface area contributed by atoms with Crippen LogP contribution in [0.5, 0.6) is 0 Å². The van der Waals surface area contributed by atoms with Gasteiger partial charge in [-0.25, -0.2) is 0 Å².